The van der Waals surface area contributed by atoms with Crippen LogP contribution in [0.2, 0.25) is 0 Å². The molecule has 5 nitrogen and oxygen atoms in total. The minimum Gasteiger partial charge on any atom is -0.593 e. The Morgan fingerprint density at radius 3 is 2.74 bits per heavy atom. The van der Waals surface area contributed by atoms with E-state index in [4.69, 9.17) is 4.74 Å². The molecule has 0 aromatic heterocycles. The van der Waals surface area contributed by atoms with Crippen molar-refractivity contribution in [1.82, 2.24) is 14.9 Å². The average molecular weight is 289 g/mol. The first-order valence-corrected chi connectivity index (χ1v) is 8.09. The van der Waals surface area contributed by atoms with Gasteiger partial charge in [0.1, 0.15) is 11.9 Å². The fraction of sp³-hybridized carbons (Fsp3) is 0.846. The van der Waals surface area contributed by atoms with Gasteiger partial charge in [0.05, 0.1) is 30.1 Å². The largest absolute Gasteiger partial charge is 0.593 e. The van der Waals surface area contributed by atoms with Crippen molar-refractivity contribution in [2.75, 3.05) is 27.2 Å². The van der Waals surface area contributed by atoms with Crippen molar-refractivity contribution in [1.29, 1.82) is 0 Å². The van der Waals surface area contributed by atoms with Crippen LogP contribution in [0.5, 0.6) is 0 Å². The van der Waals surface area contributed by atoms with Gasteiger partial charge in [-0.05, 0) is 41.4 Å². The minimum absolute atomic E-state index is 0.0187. The summed E-state index contributed by atoms with van der Waals surface area (Å²) in [7, 11) is 3.81. The fourth-order valence-corrected chi connectivity index (χ4v) is 3.56. The molecule has 2 N–H and O–H groups in total. The standard InChI is InChI=1S/C13H27N3O2S/c1-6-16-9-12(10(2)15-5)18-11(3)13(19(16)17)7-8-14-4/h9-11,13-15H,6-8H2,1-5H3/t10-,11?,13?,19?/m0/s1. The summed E-state index contributed by atoms with van der Waals surface area (Å²) in [6.45, 7) is 7.63. The fourth-order valence-electron chi connectivity index (χ4n) is 2.05. The zero-order valence-corrected chi connectivity index (χ0v) is 13.4. The predicted octanol–water partition coefficient (Wildman–Crippen LogP) is 0.818. The molecule has 3 unspecified atom stereocenters. The lowest BCUT2D eigenvalue weighted by atomic mass is 10.2. The van der Waals surface area contributed by atoms with Gasteiger partial charge in [0, 0.05) is 6.42 Å². The van der Waals surface area contributed by atoms with Crippen molar-refractivity contribution < 1.29 is 9.29 Å². The first-order valence-electron chi connectivity index (χ1n) is 6.92. The molecule has 0 saturated carbocycles. The molecule has 0 aromatic rings. The Labute approximate surface area is 120 Å². The molecule has 1 rings (SSSR count). The molecule has 6 heteroatoms. The number of hydrogen-bond acceptors (Lipinski definition) is 5. The summed E-state index contributed by atoms with van der Waals surface area (Å²) in [5, 5.41) is 6.30. The summed E-state index contributed by atoms with van der Waals surface area (Å²) in [5.74, 6) is 0.858. The van der Waals surface area contributed by atoms with Crippen molar-refractivity contribution in [3.05, 3.63) is 12.0 Å². The van der Waals surface area contributed by atoms with E-state index < -0.39 is 11.4 Å². The molecule has 1 aliphatic heterocycles. The molecular formula is C13H27N3O2S. The van der Waals surface area contributed by atoms with E-state index in [1.807, 2.05) is 45.4 Å². The van der Waals surface area contributed by atoms with Crippen LogP contribution in [0.1, 0.15) is 27.2 Å². The quantitative estimate of drug-likeness (QED) is 0.709. The van der Waals surface area contributed by atoms with Crippen molar-refractivity contribution in [2.24, 2.45) is 0 Å². The first-order chi connectivity index (χ1) is 9.04. The highest BCUT2D eigenvalue weighted by Gasteiger charge is 2.37. The zero-order valence-electron chi connectivity index (χ0n) is 12.6. The second kappa shape index (κ2) is 7.99. The van der Waals surface area contributed by atoms with E-state index in [2.05, 4.69) is 10.6 Å². The van der Waals surface area contributed by atoms with Crippen molar-refractivity contribution in [2.45, 2.75) is 44.6 Å². The first kappa shape index (κ1) is 16.6. The third-order valence-electron chi connectivity index (χ3n) is 3.46. The summed E-state index contributed by atoms with van der Waals surface area (Å²) >= 11 is -1.04. The van der Waals surface area contributed by atoms with Gasteiger partial charge in [-0.15, -0.1) is 0 Å². The van der Waals surface area contributed by atoms with E-state index >= 15 is 0 Å². The van der Waals surface area contributed by atoms with Crippen molar-refractivity contribution in [3.8, 4) is 0 Å². The van der Waals surface area contributed by atoms with Crippen LogP contribution in [0.4, 0.5) is 0 Å². The monoisotopic (exact) mass is 289 g/mol. The molecule has 4 atom stereocenters. The number of nitrogens with one attached hydrogen (secondary N) is 2. The lowest BCUT2D eigenvalue weighted by molar-refractivity contribution is 0.111. The van der Waals surface area contributed by atoms with Gasteiger partial charge in [-0.1, -0.05) is 0 Å². The Kier molecular flexibility index (Phi) is 6.99. The predicted molar refractivity (Wildman–Crippen MR) is 80.0 cm³/mol. The van der Waals surface area contributed by atoms with Gasteiger partial charge < -0.3 is 19.9 Å². The van der Waals surface area contributed by atoms with Crippen LogP contribution in [0, 0.1) is 0 Å². The smallest absolute Gasteiger partial charge is 0.178 e. The number of ether oxygens (including phenoxy) is 1. The molecule has 0 amide bonds. The Morgan fingerprint density at radius 2 is 2.21 bits per heavy atom. The summed E-state index contributed by atoms with van der Waals surface area (Å²) in [4.78, 5) is 0. The Hall–Kier alpha value is -0.430. The highest BCUT2D eigenvalue weighted by atomic mass is 32.2. The maximum absolute atomic E-state index is 12.6. The lowest BCUT2D eigenvalue weighted by Gasteiger charge is -2.28. The van der Waals surface area contributed by atoms with Crippen molar-refractivity contribution >= 4 is 11.4 Å². The second-order valence-electron chi connectivity index (χ2n) is 4.80. The average Bonchev–Trinajstić information content (AvgIpc) is 2.53. The number of likely N-dealkylation sites (N-methyl/N-ethyl adjacent to an activating group) is 1. The maximum Gasteiger partial charge on any atom is 0.178 e. The molecule has 112 valence electrons. The lowest BCUT2D eigenvalue weighted by Crippen LogP contribution is -2.41. The molecule has 0 aromatic carbocycles. The van der Waals surface area contributed by atoms with Gasteiger partial charge in [-0.3, -0.25) is 0 Å². The SMILES string of the molecule is CCN1C=C([C@H](C)NC)OC(C)C(CCNC)[S+]1[O-]. The minimum atomic E-state index is -1.04. The van der Waals surface area contributed by atoms with Crippen LogP contribution < -0.4 is 10.6 Å². The normalized spacial score (nSPS) is 29.5. The van der Waals surface area contributed by atoms with E-state index in [0.29, 0.717) is 0 Å². The van der Waals surface area contributed by atoms with Gasteiger partial charge in [0.25, 0.3) is 0 Å². The van der Waals surface area contributed by atoms with Gasteiger partial charge in [0.15, 0.2) is 5.25 Å². The van der Waals surface area contributed by atoms with Crippen molar-refractivity contribution in [3.63, 3.8) is 0 Å². The van der Waals surface area contributed by atoms with Gasteiger partial charge in [0.2, 0.25) is 0 Å². The van der Waals surface area contributed by atoms with Crippen LogP contribution >= 0.6 is 0 Å². The van der Waals surface area contributed by atoms with E-state index in [1.54, 1.807) is 0 Å². The van der Waals surface area contributed by atoms with Gasteiger partial charge in [-0.2, -0.15) is 4.31 Å². The third-order valence-corrected chi connectivity index (χ3v) is 5.42. The van der Waals surface area contributed by atoms with Gasteiger partial charge in [-0.25, -0.2) is 0 Å². The molecule has 19 heavy (non-hydrogen) atoms. The highest BCUT2D eigenvalue weighted by molar-refractivity contribution is 7.89. The molecule has 0 saturated heterocycles. The van der Waals surface area contributed by atoms with E-state index in [1.165, 1.54) is 0 Å². The maximum atomic E-state index is 12.6. The Morgan fingerprint density at radius 1 is 1.53 bits per heavy atom. The van der Waals surface area contributed by atoms with E-state index in [0.717, 1.165) is 25.3 Å². The van der Waals surface area contributed by atoms with E-state index in [9.17, 15) is 4.55 Å². The molecule has 0 radical (unpaired) electrons. The molecule has 1 aliphatic rings. The zero-order chi connectivity index (χ0) is 14.4. The van der Waals surface area contributed by atoms with E-state index in [-0.39, 0.29) is 17.4 Å². The van der Waals surface area contributed by atoms with Gasteiger partial charge >= 0.3 is 0 Å². The topological polar surface area (TPSA) is 59.6 Å². The molecule has 0 bridgehead atoms. The number of rotatable bonds is 6. The molecule has 1 heterocycles. The summed E-state index contributed by atoms with van der Waals surface area (Å²) in [6.07, 6.45) is 2.69. The Balaban J connectivity index is 2.89. The number of hydrogen-bond donors (Lipinski definition) is 2. The molecular weight excluding hydrogens is 262 g/mol. The molecule has 0 aliphatic carbocycles. The number of nitrogens with zero attached hydrogens (tertiary/aromatic N) is 1. The summed E-state index contributed by atoms with van der Waals surface area (Å²) < 4.78 is 20.5. The second-order valence-corrected chi connectivity index (χ2v) is 6.43. The van der Waals surface area contributed by atoms with Crippen LogP contribution in [-0.4, -0.2) is 53.4 Å². The van der Waals surface area contributed by atoms with Crippen LogP contribution in [0.25, 0.3) is 0 Å². The highest BCUT2D eigenvalue weighted by Crippen LogP contribution is 2.26. The van der Waals surface area contributed by atoms with Crippen LogP contribution in [-0.2, 0) is 16.1 Å². The molecule has 0 fully saturated rings. The Bertz CT molecular complexity index is 302. The molecule has 0 spiro atoms. The van der Waals surface area contributed by atoms with Crippen LogP contribution in [0.15, 0.2) is 12.0 Å². The summed E-state index contributed by atoms with van der Waals surface area (Å²) in [5.41, 5.74) is 0. The third kappa shape index (κ3) is 4.27. The van der Waals surface area contributed by atoms with Crippen LogP contribution in [0.3, 0.4) is 0 Å². The summed E-state index contributed by atoms with van der Waals surface area (Å²) in [6, 6.07) is 0.122.